The Morgan fingerprint density at radius 2 is 2.20 bits per heavy atom. The molecular weight excluding hydrogens is 392 g/mol. The molecular formula is C20H26N4O6. The van der Waals surface area contributed by atoms with Crippen molar-refractivity contribution >= 4 is 17.7 Å². The first kappa shape index (κ1) is 19.5. The number of hydrogen-bond acceptors (Lipinski definition) is 9. The van der Waals surface area contributed by atoms with Crippen molar-refractivity contribution in [1.82, 2.24) is 15.5 Å². The summed E-state index contributed by atoms with van der Waals surface area (Å²) in [5, 5.41) is 6.49. The maximum absolute atomic E-state index is 13.6. The van der Waals surface area contributed by atoms with Gasteiger partial charge >= 0.3 is 6.09 Å². The zero-order valence-electron chi connectivity index (χ0n) is 17.0. The molecule has 4 heterocycles. The number of nitrogens with one attached hydrogen (secondary N) is 2. The number of Topliss-reactive ketones (excluding diaryl/α,β-unsaturated/α-hetero) is 2. The van der Waals surface area contributed by atoms with Gasteiger partial charge in [-0.3, -0.25) is 9.59 Å². The molecule has 0 radical (unpaired) electrons. The lowest BCUT2D eigenvalue weighted by atomic mass is 9.82. The summed E-state index contributed by atoms with van der Waals surface area (Å²) in [7, 11) is 1.55. The van der Waals surface area contributed by atoms with Crippen LogP contribution in [-0.2, 0) is 23.8 Å². The van der Waals surface area contributed by atoms with Gasteiger partial charge in [0, 0.05) is 44.0 Å². The van der Waals surface area contributed by atoms with Gasteiger partial charge in [0.2, 0.25) is 11.6 Å². The summed E-state index contributed by atoms with van der Waals surface area (Å²) in [4.78, 5) is 40.2. The first-order chi connectivity index (χ1) is 14.4. The molecule has 30 heavy (non-hydrogen) atoms. The van der Waals surface area contributed by atoms with E-state index in [1.807, 2.05) is 4.90 Å². The highest BCUT2D eigenvalue weighted by Gasteiger charge is 2.72. The minimum Gasteiger partial charge on any atom is -0.449 e. The second-order valence-corrected chi connectivity index (χ2v) is 8.44. The van der Waals surface area contributed by atoms with Gasteiger partial charge in [-0.05, 0) is 19.8 Å². The van der Waals surface area contributed by atoms with E-state index in [0.717, 1.165) is 12.8 Å². The largest absolute Gasteiger partial charge is 0.449 e. The van der Waals surface area contributed by atoms with Gasteiger partial charge in [-0.25, -0.2) is 4.79 Å². The molecule has 0 aromatic heterocycles. The number of piperazine rings is 1. The van der Waals surface area contributed by atoms with Crippen molar-refractivity contribution in [2.24, 2.45) is 11.7 Å². The van der Waals surface area contributed by atoms with E-state index in [1.165, 1.54) is 0 Å². The molecule has 0 bridgehead atoms. The number of carbonyl (C=O) groups is 3. The summed E-state index contributed by atoms with van der Waals surface area (Å²) in [6.45, 7) is 3.25. The molecule has 0 unspecified atom stereocenters. The van der Waals surface area contributed by atoms with Crippen molar-refractivity contribution in [3.8, 4) is 0 Å². The average molecular weight is 418 g/mol. The van der Waals surface area contributed by atoms with Gasteiger partial charge in [-0.1, -0.05) is 0 Å². The normalized spacial score (nSPS) is 36.8. The minimum absolute atomic E-state index is 0.0195. The molecule has 5 rings (SSSR count). The number of hydrogen-bond donors (Lipinski definition) is 3. The summed E-state index contributed by atoms with van der Waals surface area (Å²) >= 11 is 0. The molecule has 162 valence electrons. The number of carbonyl (C=O) groups excluding carboxylic acids is 3. The Kier molecular flexibility index (Phi) is 4.42. The number of allylic oxidation sites excluding steroid dienone is 2. The molecule has 1 amide bonds. The number of fused-ring (bicyclic) bond motifs is 4. The number of primary amides is 1. The van der Waals surface area contributed by atoms with Crippen molar-refractivity contribution in [2.75, 3.05) is 33.4 Å². The number of amides is 1. The van der Waals surface area contributed by atoms with Crippen LogP contribution in [0.5, 0.6) is 0 Å². The molecule has 0 spiro atoms. The molecule has 3 fully saturated rings. The third-order valence-corrected chi connectivity index (χ3v) is 6.96. The van der Waals surface area contributed by atoms with Crippen LogP contribution in [-0.4, -0.2) is 79.9 Å². The predicted molar refractivity (Wildman–Crippen MR) is 103 cm³/mol. The Labute approximate surface area is 173 Å². The monoisotopic (exact) mass is 418 g/mol. The number of ketones is 2. The number of ether oxygens (including phenoxy) is 3. The number of methoxy groups -OCH3 is 1. The fourth-order valence-electron chi connectivity index (χ4n) is 5.52. The number of nitrogens with two attached hydrogens (primary N) is 1. The molecule has 4 aliphatic heterocycles. The zero-order valence-corrected chi connectivity index (χ0v) is 17.0. The van der Waals surface area contributed by atoms with E-state index < -0.39 is 17.7 Å². The quantitative estimate of drug-likeness (QED) is 0.372. The lowest BCUT2D eigenvalue weighted by molar-refractivity contribution is -0.137. The van der Waals surface area contributed by atoms with Gasteiger partial charge in [0.1, 0.15) is 6.61 Å². The molecule has 5 aliphatic rings. The van der Waals surface area contributed by atoms with Crippen LogP contribution in [0.25, 0.3) is 0 Å². The average Bonchev–Trinajstić information content (AvgIpc) is 3.08. The highest BCUT2D eigenvalue weighted by molar-refractivity contribution is 6.25. The smallest absolute Gasteiger partial charge is 0.404 e. The number of rotatable bonds is 6. The van der Waals surface area contributed by atoms with Crippen LogP contribution < -0.4 is 16.4 Å². The van der Waals surface area contributed by atoms with E-state index in [4.69, 9.17) is 19.9 Å². The molecule has 10 nitrogen and oxygen atoms in total. The number of nitrogens with zero attached hydrogens (tertiary/aromatic N) is 1. The van der Waals surface area contributed by atoms with Gasteiger partial charge in [-0.15, -0.1) is 0 Å². The van der Waals surface area contributed by atoms with Crippen LogP contribution >= 0.6 is 0 Å². The molecule has 0 saturated carbocycles. The van der Waals surface area contributed by atoms with Gasteiger partial charge in [0.05, 0.1) is 29.5 Å². The molecule has 4 N–H and O–H groups in total. The van der Waals surface area contributed by atoms with Crippen LogP contribution in [0.15, 0.2) is 22.5 Å². The molecule has 3 saturated heterocycles. The fourth-order valence-corrected chi connectivity index (χ4v) is 5.52. The second kappa shape index (κ2) is 6.79. The van der Waals surface area contributed by atoms with E-state index in [1.54, 1.807) is 14.0 Å². The summed E-state index contributed by atoms with van der Waals surface area (Å²) in [6.07, 6.45) is 0.990. The highest BCUT2D eigenvalue weighted by atomic mass is 16.6. The van der Waals surface area contributed by atoms with E-state index in [0.29, 0.717) is 36.5 Å². The van der Waals surface area contributed by atoms with Crippen LogP contribution in [0.3, 0.4) is 0 Å². The standard InChI is InChI=1S/C20H26N4O6/c1-9-14(22-6-10-4-3-5-29-10)17(26)13-11(8-30-19(21)27)20(28-2)18-12(23-18)7-24(20)15(13)16(9)25/h10-12,18,22-23H,3-8H2,1-2H3,(H2,21,27)/t10-,11+,12+,18-,20+/m0/s1. The first-order valence-corrected chi connectivity index (χ1v) is 10.3. The van der Waals surface area contributed by atoms with Gasteiger partial charge in [0.15, 0.2) is 5.72 Å². The maximum Gasteiger partial charge on any atom is 0.404 e. The second-order valence-electron chi connectivity index (χ2n) is 8.44. The van der Waals surface area contributed by atoms with Crippen molar-refractivity contribution in [2.45, 2.75) is 43.7 Å². The summed E-state index contributed by atoms with van der Waals surface area (Å²) in [5.74, 6) is -1.09. The summed E-state index contributed by atoms with van der Waals surface area (Å²) in [6, 6.07) is 0.111. The van der Waals surface area contributed by atoms with Crippen LogP contribution in [0.4, 0.5) is 4.79 Å². The van der Waals surface area contributed by atoms with E-state index in [9.17, 15) is 14.4 Å². The minimum atomic E-state index is -0.958. The Hall–Kier alpha value is -2.43. The Balaban J connectivity index is 1.50. The Morgan fingerprint density at radius 3 is 2.87 bits per heavy atom. The Morgan fingerprint density at radius 1 is 1.40 bits per heavy atom. The topological polar surface area (TPSA) is 142 Å². The lowest BCUT2D eigenvalue weighted by Crippen LogP contribution is -2.55. The Bertz CT molecular complexity index is 892. The SMILES string of the molecule is CO[C@@]12[C@H](COC(N)=O)C3=C(C(=O)C(C)=C(NC[C@@H]4CCCO4)C3=O)N1C[C@H]1N[C@@H]12. The van der Waals surface area contributed by atoms with Gasteiger partial charge < -0.3 is 35.5 Å². The van der Waals surface area contributed by atoms with Crippen LogP contribution in [0.2, 0.25) is 0 Å². The maximum atomic E-state index is 13.6. The predicted octanol–water partition coefficient (Wildman–Crippen LogP) is -0.841. The van der Waals surface area contributed by atoms with E-state index >= 15 is 0 Å². The first-order valence-electron chi connectivity index (χ1n) is 10.3. The zero-order chi connectivity index (χ0) is 21.2. The molecule has 0 aromatic carbocycles. The highest BCUT2D eigenvalue weighted by Crippen LogP contribution is 2.55. The van der Waals surface area contributed by atoms with E-state index in [-0.39, 0.29) is 42.1 Å². The van der Waals surface area contributed by atoms with Gasteiger partial charge in [-0.2, -0.15) is 0 Å². The van der Waals surface area contributed by atoms with Crippen LogP contribution in [0, 0.1) is 5.92 Å². The van der Waals surface area contributed by atoms with Crippen molar-refractivity contribution < 1.29 is 28.6 Å². The fraction of sp³-hybridized carbons (Fsp3) is 0.650. The van der Waals surface area contributed by atoms with Crippen molar-refractivity contribution in [3.63, 3.8) is 0 Å². The van der Waals surface area contributed by atoms with Crippen molar-refractivity contribution in [1.29, 1.82) is 0 Å². The van der Waals surface area contributed by atoms with Crippen molar-refractivity contribution in [3.05, 3.63) is 22.5 Å². The van der Waals surface area contributed by atoms with Gasteiger partial charge in [0.25, 0.3) is 0 Å². The summed E-state index contributed by atoms with van der Waals surface area (Å²) in [5.41, 5.74) is 5.59. The molecule has 5 atom stereocenters. The molecule has 0 aromatic rings. The summed E-state index contributed by atoms with van der Waals surface area (Å²) < 4.78 is 16.7. The van der Waals surface area contributed by atoms with E-state index in [2.05, 4.69) is 10.6 Å². The molecule has 10 heteroatoms. The third kappa shape index (κ3) is 2.57. The lowest BCUT2D eigenvalue weighted by Gasteiger charge is -2.39. The third-order valence-electron chi connectivity index (χ3n) is 6.96. The van der Waals surface area contributed by atoms with Crippen LogP contribution in [0.1, 0.15) is 19.8 Å². The molecule has 1 aliphatic carbocycles.